The predicted molar refractivity (Wildman–Crippen MR) is 60.4 cm³/mol. The Balaban J connectivity index is 2.44. The lowest BCUT2D eigenvalue weighted by molar-refractivity contribution is 0.0143. The number of nitrogens with zero attached hydrogens (tertiary/aromatic N) is 1. The van der Waals surface area contributed by atoms with E-state index in [9.17, 15) is 5.11 Å². The molecule has 1 rings (SSSR count). The molecule has 0 heterocycles. The fourth-order valence-corrected chi connectivity index (χ4v) is 2.52. The van der Waals surface area contributed by atoms with Gasteiger partial charge in [0, 0.05) is 12.1 Å². The lowest BCUT2D eigenvalue weighted by Crippen LogP contribution is -2.47. The molecular formula is C12H25NO. The van der Waals surface area contributed by atoms with Crippen LogP contribution in [0.3, 0.4) is 0 Å². The molecule has 0 saturated heterocycles. The fraction of sp³-hybridized carbons (Fsp3) is 1.00. The standard InChI is InChI=1S/C12H25NO/c1-4-7-10(2)13(3)11-8-5-6-9-12(11)14/h10-12,14H,4-9H2,1-3H3/t10?,11-,12-/m1/s1. The minimum atomic E-state index is -0.0898. The molecule has 3 atom stereocenters. The van der Waals surface area contributed by atoms with Gasteiger partial charge in [0.05, 0.1) is 6.10 Å². The summed E-state index contributed by atoms with van der Waals surface area (Å²) in [4.78, 5) is 2.38. The smallest absolute Gasteiger partial charge is 0.0695 e. The summed E-state index contributed by atoms with van der Waals surface area (Å²) in [5.41, 5.74) is 0. The third-order valence-corrected chi connectivity index (χ3v) is 3.62. The molecule has 2 heteroatoms. The molecule has 1 aliphatic carbocycles. The van der Waals surface area contributed by atoms with Crippen molar-refractivity contribution in [3.63, 3.8) is 0 Å². The Labute approximate surface area is 88.3 Å². The summed E-state index contributed by atoms with van der Waals surface area (Å²) in [7, 11) is 2.17. The SMILES string of the molecule is CCCC(C)N(C)[C@@H]1CCCC[C@H]1O. The van der Waals surface area contributed by atoms with Crippen LogP contribution in [0, 0.1) is 0 Å². The zero-order valence-corrected chi connectivity index (χ0v) is 9.87. The lowest BCUT2D eigenvalue weighted by atomic mass is 9.90. The van der Waals surface area contributed by atoms with Gasteiger partial charge >= 0.3 is 0 Å². The van der Waals surface area contributed by atoms with Crippen LogP contribution in [0.15, 0.2) is 0 Å². The highest BCUT2D eigenvalue weighted by Gasteiger charge is 2.28. The molecule has 0 aromatic rings. The van der Waals surface area contributed by atoms with Crippen molar-refractivity contribution in [2.75, 3.05) is 7.05 Å². The second-order valence-corrected chi connectivity index (χ2v) is 4.72. The van der Waals surface area contributed by atoms with Crippen LogP contribution in [0.5, 0.6) is 0 Å². The molecule has 0 aliphatic heterocycles. The molecule has 2 nitrogen and oxygen atoms in total. The van der Waals surface area contributed by atoms with Crippen molar-refractivity contribution in [3.05, 3.63) is 0 Å². The topological polar surface area (TPSA) is 23.5 Å². The number of hydrogen-bond donors (Lipinski definition) is 1. The van der Waals surface area contributed by atoms with Crippen molar-refractivity contribution in [3.8, 4) is 0 Å². The van der Waals surface area contributed by atoms with Gasteiger partial charge in [0.15, 0.2) is 0 Å². The van der Waals surface area contributed by atoms with Gasteiger partial charge in [-0.3, -0.25) is 4.90 Å². The summed E-state index contributed by atoms with van der Waals surface area (Å²) in [5.74, 6) is 0. The molecule has 84 valence electrons. The van der Waals surface area contributed by atoms with Crippen LogP contribution in [-0.2, 0) is 0 Å². The Hall–Kier alpha value is -0.0800. The molecule has 1 unspecified atom stereocenters. The van der Waals surface area contributed by atoms with Crippen molar-refractivity contribution in [2.24, 2.45) is 0 Å². The molecule has 0 radical (unpaired) electrons. The van der Waals surface area contributed by atoms with E-state index in [4.69, 9.17) is 0 Å². The van der Waals surface area contributed by atoms with Gasteiger partial charge in [-0.1, -0.05) is 26.2 Å². The molecule has 1 aliphatic rings. The Morgan fingerprint density at radius 2 is 2.00 bits per heavy atom. The summed E-state index contributed by atoms with van der Waals surface area (Å²) >= 11 is 0. The summed E-state index contributed by atoms with van der Waals surface area (Å²) in [5, 5.41) is 9.91. The number of aliphatic hydroxyl groups excluding tert-OH is 1. The minimum absolute atomic E-state index is 0.0898. The molecule has 0 bridgehead atoms. The highest BCUT2D eigenvalue weighted by Crippen LogP contribution is 2.24. The van der Waals surface area contributed by atoms with E-state index in [0.29, 0.717) is 12.1 Å². The first-order valence-corrected chi connectivity index (χ1v) is 6.06. The van der Waals surface area contributed by atoms with E-state index in [2.05, 4.69) is 25.8 Å². The third-order valence-electron chi connectivity index (χ3n) is 3.62. The maximum Gasteiger partial charge on any atom is 0.0695 e. The zero-order chi connectivity index (χ0) is 10.6. The van der Waals surface area contributed by atoms with Crippen LogP contribution >= 0.6 is 0 Å². The zero-order valence-electron chi connectivity index (χ0n) is 9.87. The average Bonchev–Trinajstić information content (AvgIpc) is 2.18. The maximum absolute atomic E-state index is 9.91. The second kappa shape index (κ2) is 5.72. The first kappa shape index (κ1) is 12.0. The largest absolute Gasteiger partial charge is 0.391 e. The monoisotopic (exact) mass is 199 g/mol. The summed E-state index contributed by atoms with van der Waals surface area (Å²) in [6, 6.07) is 1.02. The molecule has 0 aromatic carbocycles. The first-order chi connectivity index (χ1) is 6.66. The van der Waals surface area contributed by atoms with E-state index in [0.717, 1.165) is 6.42 Å². The molecule has 0 amide bonds. The number of aliphatic hydroxyl groups is 1. The summed E-state index contributed by atoms with van der Waals surface area (Å²) < 4.78 is 0. The highest BCUT2D eigenvalue weighted by atomic mass is 16.3. The van der Waals surface area contributed by atoms with Crippen molar-refractivity contribution in [1.29, 1.82) is 0 Å². The normalized spacial score (nSPS) is 30.6. The minimum Gasteiger partial charge on any atom is -0.391 e. The van der Waals surface area contributed by atoms with Gasteiger partial charge in [0.1, 0.15) is 0 Å². The van der Waals surface area contributed by atoms with Gasteiger partial charge in [-0.2, -0.15) is 0 Å². The highest BCUT2D eigenvalue weighted by molar-refractivity contribution is 4.83. The van der Waals surface area contributed by atoms with Crippen LogP contribution in [0.25, 0.3) is 0 Å². The quantitative estimate of drug-likeness (QED) is 0.751. The van der Waals surface area contributed by atoms with Gasteiger partial charge in [-0.15, -0.1) is 0 Å². The van der Waals surface area contributed by atoms with E-state index in [1.165, 1.54) is 32.1 Å². The number of likely N-dealkylation sites (N-methyl/N-ethyl adjacent to an activating group) is 1. The molecule has 0 spiro atoms. The number of hydrogen-bond acceptors (Lipinski definition) is 2. The summed E-state index contributed by atoms with van der Waals surface area (Å²) in [6.07, 6.45) is 7.03. The van der Waals surface area contributed by atoms with Crippen LogP contribution in [0.1, 0.15) is 52.4 Å². The predicted octanol–water partition coefficient (Wildman–Crippen LogP) is 2.41. The van der Waals surface area contributed by atoms with Gasteiger partial charge in [0.2, 0.25) is 0 Å². The Bertz CT molecular complexity index is 160. The number of rotatable bonds is 4. The van der Waals surface area contributed by atoms with E-state index < -0.39 is 0 Å². The van der Waals surface area contributed by atoms with E-state index >= 15 is 0 Å². The van der Waals surface area contributed by atoms with Crippen LogP contribution in [-0.4, -0.2) is 35.2 Å². The van der Waals surface area contributed by atoms with Crippen molar-refractivity contribution in [1.82, 2.24) is 4.90 Å². The molecule has 1 fully saturated rings. The molecule has 1 saturated carbocycles. The van der Waals surface area contributed by atoms with Crippen LogP contribution in [0.2, 0.25) is 0 Å². The molecule has 0 aromatic heterocycles. The summed E-state index contributed by atoms with van der Waals surface area (Å²) in [6.45, 7) is 4.49. The fourth-order valence-electron chi connectivity index (χ4n) is 2.52. The second-order valence-electron chi connectivity index (χ2n) is 4.72. The maximum atomic E-state index is 9.91. The van der Waals surface area contributed by atoms with Gasteiger partial charge < -0.3 is 5.11 Å². The van der Waals surface area contributed by atoms with Gasteiger partial charge in [0.25, 0.3) is 0 Å². The Kier molecular flexibility index (Phi) is 4.90. The molecule has 1 N–H and O–H groups in total. The van der Waals surface area contributed by atoms with Crippen molar-refractivity contribution < 1.29 is 5.11 Å². The van der Waals surface area contributed by atoms with E-state index in [1.54, 1.807) is 0 Å². The van der Waals surface area contributed by atoms with Gasteiger partial charge in [-0.25, -0.2) is 0 Å². The molecular weight excluding hydrogens is 174 g/mol. The van der Waals surface area contributed by atoms with E-state index in [-0.39, 0.29) is 6.10 Å². The Morgan fingerprint density at radius 1 is 1.36 bits per heavy atom. The van der Waals surface area contributed by atoms with Crippen LogP contribution in [0.4, 0.5) is 0 Å². The van der Waals surface area contributed by atoms with Crippen molar-refractivity contribution in [2.45, 2.75) is 70.6 Å². The molecule has 14 heavy (non-hydrogen) atoms. The lowest BCUT2D eigenvalue weighted by Gasteiger charge is -2.38. The first-order valence-electron chi connectivity index (χ1n) is 6.06. The average molecular weight is 199 g/mol. The van der Waals surface area contributed by atoms with Gasteiger partial charge in [-0.05, 0) is 33.2 Å². The van der Waals surface area contributed by atoms with E-state index in [1.807, 2.05) is 0 Å². The van der Waals surface area contributed by atoms with Crippen molar-refractivity contribution >= 4 is 0 Å². The Morgan fingerprint density at radius 3 is 2.57 bits per heavy atom. The third kappa shape index (κ3) is 2.96. The van der Waals surface area contributed by atoms with Crippen LogP contribution < -0.4 is 0 Å².